The molecule has 1 unspecified atom stereocenters. The second-order valence-corrected chi connectivity index (χ2v) is 4.78. The minimum absolute atomic E-state index is 0.0974. The zero-order chi connectivity index (χ0) is 14.7. The minimum Gasteiger partial charge on any atom is -0.508 e. The Balaban J connectivity index is 2.31. The van der Waals surface area contributed by atoms with Gasteiger partial charge in [0.25, 0.3) is 5.69 Å². The van der Waals surface area contributed by atoms with Gasteiger partial charge in [-0.1, -0.05) is 29.8 Å². The molecule has 5 nitrogen and oxygen atoms in total. The minimum atomic E-state index is -0.494. The fourth-order valence-electron chi connectivity index (χ4n) is 1.94. The fraction of sp³-hybridized carbons (Fsp3) is 0.143. The summed E-state index contributed by atoms with van der Waals surface area (Å²) in [5, 5.41) is 24.1. The van der Waals surface area contributed by atoms with Crippen LogP contribution in [0.1, 0.15) is 18.5 Å². The Morgan fingerprint density at radius 3 is 2.65 bits per heavy atom. The fourth-order valence-corrected chi connectivity index (χ4v) is 2.11. The Morgan fingerprint density at radius 1 is 1.30 bits per heavy atom. The first-order valence-electron chi connectivity index (χ1n) is 5.97. The summed E-state index contributed by atoms with van der Waals surface area (Å²) in [6.45, 7) is 1.81. The number of anilines is 1. The number of nitrogens with one attached hydrogen (secondary N) is 1. The van der Waals surface area contributed by atoms with Crippen LogP contribution in [0.2, 0.25) is 5.02 Å². The van der Waals surface area contributed by atoms with Crippen molar-refractivity contribution >= 4 is 23.0 Å². The normalized spacial score (nSPS) is 11.9. The van der Waals surface area contributed by atoms with Crippen LogP contribution < -0.4 is 5.32 Å². The molecule has 0 saturated carbocycles. The van der Waals surface area contributed by atoms with E-state index in [0.717, 1.165) is 0 Å². The van der Waals surface area contributed by atoms with Gasteiger partial charge in [0.05, 0.1) is 11.0 Å². The number of rotatable bonds is 4. The average Bonchev–Trinajstić information content (AvgIpc) is 2.41. The molecule has 104 valence electrons. The number of phenols is 1. The van der Waals surface area contributed by atoms with Gasteiger partial charge in [-0.05, 0) is 25.1 Å². The zero-order valence-electron chi connectivity index (χ0n) is 10.7. The molecule has 2 rings (SSSR count). The van der Waals surface area contributed by atoms with E-state index in [-0.39, 0.29) is 17.5 Å². The van der Waals surface area contributed by atoms with E-state index in [1.165, 1.54) is 6.07 Å². The molecule has 2 N–H and O–H groups in total. The first-order valence-corrected chi connectivity index (χ1v) is 6.35. The molecule has 1 atom stereocenters. The van der Waals surface area contributed by atoms with Gasteiger partial charge in [0.1, 0.15) is 11.4 Å². The summed E-state index contributed by atoms with van der Waals surface area (Å²) in [4.78, 5) is 10.5. The van der Waals surface area contributed by atoms with Crippen LogP contribution in [0.3, 0.4) is 0 Å². The van der Waals surface area contributed by atoms with Gasteiger partial charge in [0.2, 0.25) is 0 Å². The number of nitro benzene ring substituents is 1. The number of benzene rings is 2. The standard InChI is InChI=1S/C14H13ClN2O3/c1-9(11-4-2-3-5-14(11)18)16-12-7-6-10(15)8-13(12)17(19)20/h2-9,16,18H,1H3. The van der Waals surface area contributed by atoms with Crippen LogP contribution in [0.25, 0.3) is 0 Å². The molecule has 0 amide bonds. The highest BCUT2D eigenvalue weighted by Crippen LogP contribution is 2.32. The van der Waals surface area contributed by atoms with Gasteiger partial charge in [-0.15, -0.1) is 0 Å². The molecule has 20 heavy (non-hydrogen) atoms. The maximum absolute atomic E-state index is 11.0. The third-order valence-corrected chi connectivity index (χ3v) is 3.17. The molecule has 0 fully saturated rings. The summed E-state index contributed by atoms with van der Waals surface area (Å²) in [6.07, 6.45) is 0. The van der Waals surface area contributed by atoms with Gasteiger partial charge >= 0.3 is 0 Å². The lowest BCUT2D eigenvalue weighted by molar-refractivity contribution is -0.384. The van der Waals surface area contributed by atoms with Crippen molar-refractivity contribution in [1.29, 1.82) is 0 Å². The second kappa shape index (κ2) is 5.79. The smallest absolute Gasteiger partial charge is 0.293 e. The topological polar surface area (TPSA) is 75.4 Å². The molecule has 2 aromatic rings. The number of phenolic OH excluding ortho intramolecular Hbond substituents is 1. The summed E-state index contributed by atoms with van der Waals surface area (Å²) in [6, 6.07) is 11.0. The van der Waals surface area contributed by atoms with E-state index in [2.05, 4.69) is 5.32 Å². The summed E-state index contributed by atoms with van der Waals surface area (Å²) in [5.41, 5.74) is 0.923. The lowest BCUT2D eigenvalue weighted by Gasteiger charge is -2.16. The third kappa shape index (κ3) is 3.00. The number of hydrogen-bond acceptors (Lipinski definition) is 4. The van der Waals surface area contributed by atoms with Crippen molar-refractivity contribution in [3.8, 4) is 5.75 Å². The van der Waals surface area contributed by atoms with Gasteiger partial charge in [-0.25, -0.2) is 0 Å². The average molecular weight is 293 g/mol. The molecule has 0 radical (unpaired) electrons. The highest BCUT2D eigenvalue weighted by Gasteiger charge is 2.17. The Bertz CT molecular complexity index is 646. The highest BCUT2D eigenvalue weighted by molar-refractivity contribution is 6.30. The van der Waals surface area contributed by atoms with Gasteiger partial charge < -0.3 is 10.4 Å². The lowest BCUT2D eigenvalue weighted by atomic mass is 10.1. The predicted octanol–water partition coefficient (Wildman–Crippen LogP) is 4.13. The largest absolute Gasteiger partial charge is 0.508 e. The highest BCUT2D eigenvalue weighted by atomic mass is 35.5. The first-order chi connectivity index (χ1) is 9.49. The molecule has 0 heterocycles. The predicted molar refractivity (Wildman–Crippen MR) is 78.3 cm³/mol. The van der Waals surface area contributed by atoms with E-state index in [1.807, 2.05) is 6.92 Å². The summed E-state index contributed by atoms with van der Waals surface area (Å²) >= 11 is 5.77. The Labute approximate surface area is 121 Å². The molecule has 0 aliphatic rings. The van der Waals surface area contributed by atoms with Gasteiger partial charge in [-0.2, -0.15) is 0 Å². The van der Waals surface area contributed by atoms with Crippen LogP contribution in [0.15, 0.2) is 42.5 Å². The van der Waals surface area contributed by atoms with Crippen molar-refractivity contribution in [2.75, 3.05) is 5.32 Å². The maximum atomic E-state index is 11.0. The number of para-hydroxylation sites is 1. The number of nitrogens with zero attached hydrogens (tertiary/aromatic N) is 1. The van der Waals surface area contributed by atoms with E-state index in [0.29, 0.717) is 16.3 Å². The van der Waals surface area contributed by atoms with E-state index < -0.39 is 4.92 Å². The van der Waals surface area contributed by atoms with Crippen LogP contribution >= 0.6 is 11.6 Å². The van der Waals surface area contributed by atoms with E-state index in [9.17, 15) is 15.2 Å². The molecular weight excluding hydrogens is 280 g/mol. The molecule has 0 spiro atoms. The van der Waals surface area contributed by atoms with Crippen LogP contribution in [-0.2, 0) is 0 Å². The van der Waals surface area contributed by atoms with Crippen molar-refractivity contribution < 1.29 is 10.0 Å². The Morgan fingerprint density at radius 2 is 2.00 bits per heavy atom. The van der Waals surface area contributed by atoms with Crippen LogP contribution in [0.4, 0.5) is 11.4 Å². The van der Waals surface area contributed by atoms with Crippen molar-refractivity contribution in [3.63, 3.8) is 0 Å². The van der Waals surface area contributed by atoms with Gasteiger partial charge in [0, 0.05) is 16.7 Å². The molecule has 0 bridgehead atoms. The molecule has 2 aromatic carbocycles. The lowest BCUT2D eigenvalue weighted by Crippen LogP contribution is -2.08. The second-order valence-electron chi connectivity index (χ2n) is 4.34. The summed E-state index contributed by atoms with van der Waals surface area (Å²) in [5.74, 6) is 0.143. The monoisotopic (exact) mass is 292 g/mol. The summed E-state index contributed by atoms with van der Waals surface area (Å²) in [7, 11) is 0. The van der Waals surface area contributed by atoms with Crippen LogP contribution in [0, 0.1) is 10.1 Å². The summed E-state index contributed by atoms with van der Waals surface area (Å²) < 4.78 is 0. The molecule has 0 aromatic heterocycles. The molecule has 0 aliphatic carbocycles. The Hall–Kier alpha value is -2.27. The maximum Gasteiger partial charge on any atom is 0.293 e. The number of hydrogen-bond donors (Lipinski definition) is 2. The van der Waals surface area contributed by atoms with Crippen LogP contribution in [-0.4, -0.2) is 10.0 Å². The first kappa shape index (κ1) is 14.1. The van der Waals surface area contributed by atoms with E-state index in [1.54, 1.807) is 36.4 Å². The molecular formula is C14H13ClN2O3. The van der Waals surface area contributed by atoms with Crippen molar-refractivity contribution in [2.24, 2.45) is 0 Å². The number of halogens is 1. The number of aromatic hydroxyl groups is 1. The van der Waals surface area contributed by atoms with Gasteiger partial charge in [-0.3, -0.25) is 10.1 Å². The van der Waals surface area contributed by atoms with E-state index >= 15 is 0 Å². The molecule has 6 heteroatoms. The van der Waals surface area contributed by atoms with Crippen LogP contribution in [0.5, 0.6) is 5.75 Å². The Kier molecular flexibility index (Phi) is 4.10. The van der Waals surface area contributed by atoms with E-state index in [4.69, 9.17) is 11.6 Å². The zero-order valence-corrected chi connectivity index (χ0v) is 11.5. The molecule has 0 saturated heterocycles. The van der Waals surface area contributed by atoms with Gasteiger partial charge in [0.15, 0.2) is 0 Å². The van der Waals surface area contributed by atoms with Crippen molar-refractivity contribution in [2.45, 2.75) is 13.0 Å². The SMILES string of the molecule is CC(Nc1ccc(Cl)cc1[N+](=O)[O-])c1ccccc1O. The third-order valence-electron chi connectivity index (χ3n) is 2.93. The molecule has 0 aliphatic heterocycles. The van der Waals surface area contributed by atoms with Crippen molar-refractivity contribution in [1.82, 2.24) is 0 Å². The quantitative estimate of drug-likeness (QED) is 0.656. The number of nitro groups is 1. The van der Waals surface area contributed by atoms with Crippen molar-refractivity contribution in [3.05, 3.63) is 63.2 Å².